The summed E-state index contributed by atoms with van der Waals surface area (Å²) in [4.78, 5) is 16.8. The fraction of sp³-hybridized carbons (Fsp3) is 0.263. The molecule has 0 amide bonds. The van der Waals surface area contributed by atoms with Crippen LogP contribution in [0.25, 0.3) is 0 Å². The number of benzene rings is 2. The first kappa shape index (κ1) is 14.5. The molecule has 1 aliphatic heterocycles. The SMILES string of the molecule is CC1=NC1(Cc1ccc(C)cc1)C(=O)OCc1ccccc1. The Labute approximate surface area is 130 Å². The van der Waals surface area contributed by atoms with E-state index in [0.717, 1.165) is 16.8 Å². The molecule has 112 valence electrons. The molecule has 1 aliphatic rings. The minimum atomic E-state index is -0.774. The summed E-state index contributed by atoms with van der Waals surface area (Å²) in [7, 11) is 0. The van der Waals surface area contributed by atoms with Gasteiger partial charge in [0.2, 0.25) is 0 Å². The van der Waals surface area contributed by atoms with Crippen LogP contribution in [0.15, 0.2) is 59.6 Å². The molecule has 0 spiro atoms. The van der Waals surface area contributed by atoms with E-state index in [2.05, 4.69) is 17.1 Å². The lowest BCUT2D eigenvalue weighted by molar-refractivity contribution is -0.147. The summed E-state index contributed by atoms with van der Waals surface area (Å²) in [5, 5.41) is 0. The van der Waals surface area contributed by atoms with Gasteiger partial charge in [-0.1, -0.05) is 60.2 Å². The van der Waals surface area contributed by atoms with Crippen LogP contribution in [0.1, 0.15) is 23.6 Å². The van der Waals surface area contributed by atoms with Crippen molar-refractivity contribution in [1.82, 2.24) is 0 Å². The first-order valence-corrected chi connectivity index (χ1v) is 7.44. The van der Waals surface area contributed by atoms with Gasteiger partial charge in [-0.05, 0) is 25.0 Å². The molecular weight excluding hydrogens is 274 g/mol. The van der Waals surface area contributed by atoms with Crippen LogP contribution < -0.4 is 0 Å². The predicted octanol–water partition coefficient (Wildman–Crippen LogP) is 3.49. The predicted molar refractivity (Wildman–Crippen MR) is 87.0 cm³/mol. The highest BCUT2D eigenvalue weighted by atomic mass is 16.5. The van der Waals surface area contributed by atoms with Crippen LogP contribution in [0.4, 0.5) is 0 Å². The quantitative estimate of drug-likeness (QED) is 0.791. The maximum atomic E-state index is 12.4. The van der Waals surface area contributed by atoms with Crippen LogP contribution in [0.5, 0.6) is 0 Å². The number of esters is 1. The second kappa shape index (κ2) is 5.76. The smallest absolute Gasteiger partial charge is 0.340 e. The number of rotatable bonds is 5. The van der Waals surface area contributed by atoms with Gasteiger partial charge in [0.1, 0.15) is 6.61 Å². The lowest BCUT2D eigenvalue weighted by atomic mass is 9.94. The summed E-state index contributed by atoms with van der Waals surface area (Å²) in [6.45, 7) is 4.22. The Bertz CT molecular complexity index is 704. The van der Waals surface area contributed by atoms with Gasteiger partial charge in [0, 0.05) is 6.42 Å². The largest absolute Gasteiger partial charge is 0.459 e. The molecule has 0 aromatic heterocycles. The summed E-state index contributed by atoms with van der Waals surface area (Å²) in [5.74, 6) is -0.255. The highest BCUT2D eigenvalue weighted by Crippen LogP contribution is 2.34. The first-order valence-electron chi connectivity index (χ1n) is 7.44. The number of carbonyl (C=O) groups excluding carboxylic acids is 1. The highest BCUT2D eigenvalue weighted by molar-refractivity contribution is 6.20. The van der Waals surface area contributed by atoms with Crippen LogP contribution in [-0.4, -0.2) is 17.2 Å². The molecule has 3 nitrogen and oxygen atoms in total. The number of aryl methyl sites for hydroxylation is 1. The van der Waals surface area contributed by atoms with Crippen molar-refractivity contribution < 1.29 is 9.53 Å². The van der Waals surface area contributed by atoms with Crippen LogP contribution in [0.2, 0.25) is 0 Å². The molecule has 3 rings (SSSR count). The average molecular weight is 293 g/mol. The second-order valence-corrected chi connectivity index (χ2v) is 5.78. The van der Waals surface area contributed by atoms with E-state index >= 15 is 0 Å². The van der Waals surface area contributed by atoms with Gasteiger partial charge in [-0.25, -0.2) is 4.79 Å². The zero-order valence-electron chi connectivity index (χ0n) is 12.9. The van der Waals surface area contributed by atoms with Crippen molar-refractivity contribution in [3.05, 3.63) is 71.3 Å². The lowest BCUT2D eigenvalue weighted by Gasteiger charge is -2.14. The van der Waals surface area contributed by atoms with Crippen LogP contribution in [-0.2, 0) is 22.6 Å². The molecule has 0 N–H and O–H groups in total. The van der Waals surface area contributed by atoms with Crippen LogP contribution in [0, 0.1) is 6.92 Å². The van der Waals surface area contributed by atoms with Gasteiger partial charge in [-0.2, -0.15) is 0 Å². The summed E-state index contributed by atoms with van der Waals surface area (Å²) in [6, 6.07) is 17.9. The van der Waals surface area contributed by atoms with Gasteiger partial charge >= 0.3 is 5.97 Å². The molecule has 3 heteroatoms. The first-order chi connectivity index (χ1) is 10.6. The third kappa shape index (κ3) is 2.93. The van der Waals surface area contributed by atoms with Crippen molar-refractivity contribution in [3.8, 4) is 0 Å². The molecule has 0 radical (unpaired) electrons. The molecule has 0 bridgehead atoms. The number of ether oxygens (including phenoxy) is 1. The Morgan fingerprint density at radius 2 is 1.64 bits per heavy atom. The summed E-state index contributed by atoms with van der Waals surface area (Å²) in [5.41, 5.74) is 3.37. The van der Waals surface area contributed by atoms with Gasteiger partial charge in [0.05, 0.1) is 5.71 Å². The molecule has 0 aliphatic carbocycles. The Morgan fingerprint density at radius 1 is 1.00 bits per heavy atom. The Balaban J connectivity index is 1.65. The van der Waals surface area contributed by atoms with Crippen molar-refractivity contribution in [2.24, 2.45) is 4.99 Å². The molecule has 0 fully saturated rings. The highest BCUT2D eigenvalue weighted by Gasteiger charge is 2.52. The molecule has 1 atom stereocenters. The van der Waals surface area contributed by atoms with Crippen LogP contribution >= 0.6 is 0 Å². The number of hydrogen-bond acceptors (Lipinski definition) is 3. The minimum Gasteiger partial charge on any atom is -0.459 e. The third-order valence-corrected chi connectivity index (χ3v) is 4.04. The zero-order chi connectivity index (χ0) is 15.6. The van der Waals surface area contributed by atoms with Crippen molar-refractivity contribution >= 4 is 11.7 Å². The Hall–Kier alpha value is -2.42. The van der Waals surface area contributed by atoms with Crippen molar-refractivity contribution in [2.45, 2.75) is 32.4 Å². The number of hydrogen-bond donors (Lipinski definition) is 0. The Kier molecular flexibility index (Phi) is 3.80. The topological polar surface area (TPSA) is 38.7 Å². The van der Waals surface area contributed by atoms with Gasteiger partial charge < -0.3 is 4.74 Å². The summed E-state index contributed by atoms with van der Waals surface area (Å²) >= 11 is 0. The van der Waals surface area contributed by atoms with E-state index in [1.165, 1.54) is 5.56 Å². The maximum Gasteiger partial charge on any atom is 0.340 e. The summed E-state index contributed by atoms with van der Waals surface area (Å²) < 4.78 is 5.47. The molecule has 1 unspecified atom stereocenters. The van der Waals surface area contributed by atoms with E-state index in [-0.39, 0.29) is 12.6 Å². The van der Waals surface area contributed by atoms with E-state index in [4.69, 9.17) is 4.74 Å². The van der Waals surface area contributed by atoms with Gasteiger partial charge in [0.15, 0.2) is 5.54 Å². The fourth-order valence-electron chi connectivity index (χ4n) is 2.54. The standard InChI is InChI=1S/C19H19NO2/c1-14-8-10-16(11-9-14)12-19(15(2)20-19)18(21)22-13-17-6-4-3-5-7-17/h3-11H,12-13H2,1-2H3. The van der Waals surface area contributed by atoms with Gasteiger partial charge in [-0.3, -0.25) is 4.99 Å². The van der Waals surface area contributed by atoms with E-state index in [9.17, 15) is 4.79 Å². The minimum absolute atomic E-state index is 0.255. The Morgan fingerprint density at radius 3 is 2.23 bits per heavy atom. The molecule has 2 aromatic rings. The number of nitrogens with zero attached hydrogens (tertiary/aromatic N) is 1. The third-order valence-electron chi connectivity index (χ3n) is 4.04. The number of carbonyl (C=O) groups is 1. The molecular formula is C19H19NO2. The van der Waals surface area contributed by atoms with Crippen molar-refractivity contribution in [3.63, 3.8) is 0 Å². The monoisotopic (exact) mass is 293 g/mol. The van der Waals surface area contributed by atoms with E-state index in [1.807, 2.05) is 56.3 Å². The molecule has 2 aromatic carbocycles. The van der Waals surface area contributed by atoms with Gasteiger partial charge in [-0.15, -0.1) is 0 Å². The van der Waals surface area contributed by atoms with E-state index in [0.29, 0.717) is 6.42 Å². The molecule has 1 heterocycles. The molecule has 22 heavy (non-hydrogen) atoms. The van der Waals surface area contributed by atoms with Crippen molar-refractivity contribution in [2.75, 3.05) is 0 Å². The normalized spacial score (nSPS) is 19.5. The number of aliphatic imine (C=N–C) groups is 1. The zero-order valence-corrected chi connectivity index (χ0v) is 12.9. The van der Waals surface area contributed by atoms with Gasteiger partial charge in [0.25, 0.3) is 0 Å². The second-order valence-electron chi connectivity index (χ2n) is 5.78. The lowest BCUT2D eigenvalue weighted by Crippen LogP contribution is -2.34. The van der Waals surface area contributed by atoms with Crippen molar-refractivity contribution in [1.29, 1.82) is 0 Å². The van der Waals surface area contributed by atoms with E-state index in [1.54, 1.807) is 0 Å². The fourth-order valence-corrected chi connectivity index (χ4v) is 2.54. The average Bonchev–Trinajstić information content (AvgIpc) is 3.19. The maximum absolute atomic E-state index is 12.4. The van der Waals surface area contributed by atoms with Crippen LogP contribution in [0.3, 0.4) is 0 Å². The summed E-state index contributed by atoms with van der Waals surface area (Å²) in [6.07, 6.45) is 0.576. The molecule has 0 saturated heterocycles. The molecule has 0 saturated carbocycles. The van der Waals surface area contributed by atoms with E-state index < -0.39 is 5.54 Å².